The van der Waals surface area contributed by atoms with E-state index in [4.69, 9.17) is 14.2 Å². The molecule has 0 N–H and O–H groups in total. The Hall–Kier alpha value is -3.93. The van der Waals surface area contributed by atoms with Crippen LogP contribution in [0.25, 0.3) is 0 Å². The average Bonchev–Trinajstić information content (AvgIpc) is 3.47. The summed E-state index contributed by atoms with van der Waals surface area (Å²) in [6.07, 6.45) is 94.6. The maximum absolute atomic E-state index is 12.8. The third-order valence-electron chi connectivity index (χ3n) is 14.8. The molecule has 1 unspecified atom stereocenters. The first-order valence-corrected chi connectivity index (χ1v) is 34.4. The fraction of sp³-hybridized carbons (Fsp3) is 0.720. The van der Waals surface area contributed by atoms with Crippen LogP contribution in [-0.2, 0) is 28.6 Å². The van der Waals surface area contributed by atoms with Crippen molar-refractivity contribution in [3.63, 3.8) is 0 Å². The topological polar surface area (TPSA) is 78.9 Å². The predicted octanol–water partition coefficient (Wildman–Crippen LogP) is 23.8. The van der Waals surface area contributed by atoms with E-state index in [0.717, 1.165) is 128 Å². The Kier molecular flexibility index (Phi) is 65.2. The molecular formula is C75H128O6. The molecule has 0 spiro atoms. The highest BCUT2D eigenvalue weighted by atomic mass is 16.6. The SMILES string of the molecule is CC/C=C\C/C=C\C/C=C\C/C=C\C/C=C\CCCCCCCCCC(=O)OC(COC(=O)CCCCCCC)COC(=O)CCCCCCCCCCCCCCCCCCCCCCCC/C=C\C/C=C\C/C=C\C/C=C\CC. The number of esters is 3. The Morgan fingerprint density at radius 3 is 0.753 bits per heavy atom. The quantitative estimate of drug-likeness (QED) is 0.0261. The lowest BCUT2D eigenvalue weighted by molar-refractivity contribution is -0.167. The van der Waals surface area contributed by atoms with Gasteiger partial charge in [-0.15, -0.1) is 0 Å². The number of hydrogen-bond donors (Lipinski definition) is 0. The first kappa shape index (κ1) is 77.1. The molecular weight excluding hydrogens is 997 g/mol. The van der Waals surface area contributed by atoms with Crippen molar-refractivity contribution >= 4 is 17.9 Å². The average molecular weight is 1130 g/mol. The summed E-state index contributed by atoms with van der Waals surface area (Å²) >= 11 is 0. The first-order chi connectivity index (χ1) is 40.0. The Bertz CT molecular complexity index is 1620. The van der Waals surface area contributed by atoms with Gasteiger partial charge in [0.2, 0.25) is 0 Å². The standard InChI is InChI=1S/C75H128O6/c1-4-7-10-13-15-17-19-21-23-25-27-29-31-32-33-34-35-36-37-38-39-40-41-42-44-45-47-49-51-53-55-57-59-62-65-68-74(77)80-71-72(70-79-73(76)67-64-61-12-9-6-3)81-75(78)69-66-63-60-58-56-54-52-50-48-46-43-30-28-26-24-22-20-18-16-14-11-8-5-2/h7-8,10-11,15-18,21-24,27-30,46,48,72H,4-6,9,12-14,19-20,25-26,31-45,47,49-71H2,1-3H3/b10-7-,11-8-,17-15-,18-16-,23-21-,24-22-,29-27-,30-28-,48-46-. The van der Waals surface area contributed by atoms with Gasteiger partial charge in [0.05, 0.1) is 0 Å². The Balaban J connectivity index is 3.95. The van der Waals surface area contributed by atoms with Crippen molar-refractivity contribution < 1.29 is 28.6 Å². The number of unbranched alkanes of at least 4 members (excludes halogenated alkanes) is 33. The molecule has 0 aromatic carbocycles. The number of carbonyl (C=O) groups excluding carboxylic acids is 3. The van der Waals surface area contributed by atoms with Gasteiger partial charge in [-0.1, -0.05) is 316 Å². The van der Waals surface area contributed by atoms with Gasteiger partial charge in [-0.25, -0.2) is 0 Å². The number of carbonyl (C=O) groups is 3. The highest BCUT2D eigenvalue weighted by Crippen LogP contribution is 2.17. The second-order valence-corrected chi connectivity index (χ2v) is 22.7. The maximum Gasteiger partial charge on any atom is 0.306 e. The van der Waals surface area contributed by atoms with Gasteiger partial charge in [0, 0.05) is 19.3 Å². The van der Waals surface area contributed by atoms with Gasteiger partial charge in [-0.2, -0.15) is 0 Å². The minimum atomic E-state index is -0.780. The highest BCUT2D eigenvalue weighted by Gasteiger charge is 2.19. The van der Waals surface area contributed by atoms with Crippen molar-refractivity contribution in [1.82, 2.24) is 0 Å². The first-order valence-electron chi connectivity index (χ1n) is 34.4. The minimum Gasteiger partial charge on any atom is -0.462 e. The van der Waals surface area contributed by atoms with E-state index in [0.29, 0.717) is 19.3 Å². The zero-order valence-corrected chi connectivity index (χ0v) is 53.3. The van der Waals surface area contributed by atoms with Crippen molar-refractivity contribution in [2.24, 2.45) is 0 Å². The van der Waals surface area contributed by atoms with Crippen LogP contribution in [-0.4, -0.2) is 37.2 Å². The zero-order valence-electron chi connectivity index (χ0n) is 53.3. The van der Waals surface area contributed by atoms with Crippen molar-refractivity contribution in [2.75, 3.05) is 13.2 Å². The number of rotatable bonds is 62. The zero-order chi connectivity index (χ0) is 58.5. The van der Waals surface area contributed by atoms with E-state index in [9.17, 15) is 14.4 Å². The van der Waals surface area contributed by atoms with Crippen molar-refractivity contribution in [2.45, 2.75) is 335 Å². The van der Waals surface area contributed by atoms with Crippen LogP contribution >= 0.6 is 0 Å². The summed E-state index contributed by atoms with van der Waals surface area (Å²) in [5.41, 5.74) is 0. The summed E-state index contributed by atoms with van der Waals surface area (Å²) in [4.78, 5) is 38.0. The van der Waals surface area contributed by atoms with Crippen molar-refractivity contribution in [3.05, 3.63) is 109 Å². The second-order valence-electron chi connectivity index (χ2n) is 22.7. The van der Waals surface area contributed by atoms with E-state index < -0.39 is 6.10 Å². The highest BCUT2D eigenvalue weighted by molar-refractivity contribution is 5.71. The molecule has 0 saturated carbocycles. The summed E-state index contributed by atoms with van der Waals surface area (Å²) in [5.74, 6) is -0.894. The molecule has 0 rings (SSSR count). The molecule has 6 heteroatoms. The van der Waals surface area contributed by atoms with Crippen molar-refractivity contribution in [3.8, 4) is 0 Å². The number of hydrogen-bond acceptors (Lipinski definition) is 6. The summed E-state index contributed by atoms with van der Waals surface area (Å²) in [7, 11) is 0. The maximum atomic E-state index is 12.8. The summed E-state index contributed by atoms with van der Waals surface area (Å²) in [6, 6.07) is 0. The van der Waals surface area contributed by atoms with E-state index >= 15 is 0 Å². The Morgan fingerprint density at radius 2 is 0.481 bits per heavy atom. The molecule has 0 radical (unpaired) electrons. The van der Waals surface area contributed by atoms with Gasteiger partial charge < -0.3 is 14.2 Å². The van der Waals surface area contributed by atoms with Crippen LogP contribution in [0.3, 0.4) is 0 Å². The molecule has 0 aromatic heterocycles. The predicted molar refractivity (Wildman–Crippen MR) is 353 cm³/mol. The lowest BCUT2D eigenvalue weighted by atomic mass is 10.0. The molecule has 0 aliphatic carbocycles. The molecule has 0 amide bonds. The van der Waals surface area contributed by atoms with E-state index in [1.807, 2.05) is 0 Å². The minimum absolute atomic E-state index is 0.0795. The van der Waals surface area contributed by atoms with Crippen LogP contribution in [0.5, 0.6) is 0 Å². The van der Waals surface area contributed by atoms with E-state index in [1.165, 1.54) is 161 Å². The molecule has 1 atom stereocenters. The van der Waals surface area contributed by atoms with Gasteiger partial charge >= 0.3 is 17.9 Å². The fourth-order valence-electron chi connectivity index (χ4n) is 9.70. The van der Waals surface area contributed by atoms with E-state index in [-0.39, 0.29) is 31.1 Å². The lowest BCUT2D eigenvalue weighted by Gasteiger charge is -2.18. The summed E-state index contributed by atoms with van der Waals surface area (Å²) in [5, 5.41) is 0. The van der Waals surface area contributed by atoms with Gasteiger partial charge in [-0.05, 0) is 103 Å². The van der Waals surface area contributed by atoms with E-state index in [1.54, 1.807) is 0 Å². The third-order valence-corrected chi connectivity index (χ3v) is 14.8. The molecule has 0 heterocycles. The van der Waals surface area contributed by atoms with Crippen LogP contribution in [0.1, 0.15) is 329 Å². The molecule has 0 fully saturated rings. The van der Waals surface area contributed by atoms with Crippen LogP contribution < -0.4 is 0 Å². The Morgan fingerprint density at radius 1 is 0.259 bits per heavy atom. The molecule has 0 aliphatic heterocycles. The number of allylic oxidation sites excluding steroid dienone is 18. The summed E-state index contributed by atoms with van der Waals surface area (Å²) < 4.78 is 16.8. The molecule has 0 aliphatic rings. The van der Waals surface area contributed by atoms with Crippen LogP contribution in [0.15, 0.2) is 109 Å². The molecule has 0 aromatic rings. The smallest absolute Gasteiger partial charge is 0.306 e. The number of ether oxygens (including phenoxy) is 3. The molecule has 464 valence electrons. The van der Waals surface area contributed by atoms with Gasteiger partial charge in [0.25, 0.3) is 0 Å². The normalized spacial score (nSPS) is 12.8. The van der Waals surface area contributed by atoms with Crippen LogP contribution in [0.4, 0.5) is 0 Å². The molecule has 6 nitrogen and oxygen atoms in total. The largest absolute Gasteiger partial charge is 0.462 e. The van der Waals surface area contributed by atoms with Gasteiger partial charge in [0.15, 0.2) is 6.10 Å². The van der Waals surface area contributed by atoms with Crippen molar-refractivity contribution in [1.29, 1.82) is 0 Å². The molecule has 0 saturated heterocycles. The lowest BCUT2D eigenvalue weighted by Crippen LogP contribution is -2.30. The van der Waals surface area contributed by atoms with Gasteiger partial charge in [-0.3, -0.25) is 14.4 Å². The van der Waals surface area contributed by atoms with E-state index in [2.05, 4.69) is 130 Å². The second kappa shape index (κ2) is 68.6. The Labute approximate surface area is 501 Å². The summed E-state index contributed by atoms with van der Waals surface area (Å²) in [6.45, 7) is 6.35. The molecule has 0 bridgehead atoms. The monoisotopic (exact) mass is 1120 g/mol. The van der Waals surface area contributed by atoms with Gasteiger partial charge in [0.1, 0.15) is 13.2 Å². The fourth-order valence-corrected chi connectivity index (χ4v) is 9.70. The third kappa shape index (κ3) is 66.8. The van der Waals surface area contributed by atoms with Crippen LogP contribution in [0.2, 0.25) is 0 Å². The molecule has 81 heavy (non-hydrogen) atoms. The van der Waals surface area contributed by atoms with Crippen LogP contribution in [0, 0.1) is 0 Å².